The third-order valence-corrected chi connectivity index (χ3v) is 4.77. The highest BCUT2D eigenvalue weighted by Crippen LogP contribution is 2.30. The largest absolute Gasteiger partial charge is 0.388 e. The zero-order valence-electron chi connectivity index (χ0n) is 12.0. The van der Waals surface area contributed by atoms with Gasteiger partial charge in [-0.1, -0.05) is 35.0 Å². The Balaban J connectivity index is 2.08. The maximum absolute atomic E-state index is 12.5. The van der Waals surface area contributed by atoms with E-state index in [0.717, 1.165) is 35.7 Å². The van der Waals surface area contributed by atoms with E-state index in [1.54, 1.807) is 0 Å². The van der Waals surface area contributed by atoms with Crippen LogP contribution < -0.4 is 5.32 Å². The van der Waals surface area contributed by atoms with Gasteiger partial charge in [-0.2, -0.15) is 0 Å². The molecule has 1 amide bonds. The standard InChI is InChI=1S/C16H22BrNO2/c1-3-13(11-6-8-12(17)9-7-11)15(19)18-14-5-4-10-16(14,2)20/h6-9,13-14,20H,3-5,10H2,1-2H3,(H,18,19). The average molecular weight is 340 g/mol. The van der Waals surface area contributed by atoms with Crippen molar-refractivity contribution < 1.29 is 9.90 Å². The molecule has 0 aromatic heterocycles. The number of carbonyl (C=O) groups excluding carboxylic acids is 1. The van der Waals surface area contributed by atoms with Crippen LogP contribution in [0.4, 0.5) is 0 Å². The summed E-state index contributed by atoms with van der Waals surface area (Å²) in [4.78, 5) is 12.5. The van der Waals surface area contributed by atoms with E-state index in [1.807, 2.05) is 38.1 Å². The molecule has 1 saturated carbocycles. The molecule has 0 heterocycles. The number of nitrogens with one attached hydrogen (secondary N) is 1. The Hall–Kier alpha value is -0.870. The molecule has 1 aromatic carbocycles. The van der Waals surface area contributed by atoms with Crippen LogP contribution in [0.2, 0.25) is 0 Å². The lowest BCUT2D eigenvalue weighted by atomic mass is 9.94. The van der Waals surface area contributed by atoms with Gasteiger partial charge in [0.15, 0.2) is 0 Å². The Morgan fingerprint density at radius 3 is 2.65 bits per heavy atom. The van der Waals surface area contributed by atoms with Crippen molar-refractivity contribution in [3.8, 4) is 0 Å². The molecular weight excluding hydrogens is 318 g/mol. The van der Waals surface area contributed by atoms with Gasteiger partial charge in [0.25, 0.3) is 0 Å². The molecule has 2 rings (SSSR count). The van der Waals surface area contributed by atoms with Gasteiger partial charge in [-0.15, -0.1) is 0 Å². The first-order chi connectivity index (χ1) is 9.44. The fraction of sp³-hybridized carbons (Fsp3) is 0.562. The summed E-state index contributed by atoms with van der Waals surface area (Å²) >= 11 is 3.41. The number of hydrogen-bond acceptors (Lipinski definition) is 2. The summed E-state index contributed by atoms with van der Waals surface area (Å²) < 4.78 is 1.01. The molecule has 1 aromatic rings. The number of halogens is 1. The van der Waals surface area contributed by atoms with Crippen LogP contribution in [-0.2, 0) is 4.79 Å². The first-order valence-electron chi connectivity index (χ1n) is 7.22. The minimum atomic E-state index is -0.770. The van der Waals surface area contributed by atoms with Gasteiger partial charge in [0.05, 0.1) is 17.6 Å². The molecule has 4 heteroatoms. The summed E-state index contributed by atoms with van der Waals surface area (Å²) in [5.41, 5.74) is 0.249. The Kier molecular flexibility index (Phi) is 4.86. The number of carbonyl (C=O) groups is 1. The summed E-state index contributed by atoms with van der Waals surface area (Å²) in [7, 11) is 0. The van der Waals surface area contributed by atoms with Crippen LogP contribution in [0.15, 0.2) is 28.7 Å². The predicted molar refractivity (Wildman–Crippen MR) is 83.6 cm³/mol. The van der Waals surface area contributed by atoms with Crippen LogP contribution in [-0.4, -0.2) is 22.7 Å². The van der Waals surface area contributed by atoms with Gasteiger partial charge >= 0.3 is 0 Å². The molecule has 3 nitrogen and oxygen atoms in total. The van der Waals surface area contributed by atoms with Gasteiger partial charge in [0, 0.05) is 4.47 Å². The quantitative estimate of drug-likeness (QED) is 0.883. The highest BCUT2D eigenvalue weighted by Gasteiger charge is 2.38. The zero-order valence-corrected chi connectivity index (χ0v) is 13.6. The molecule has 2 N–H and O–H groups in total. The van der Waals surface area contributed by atoms with E-state index in [4.69, 9.17) is 0 Å². The molecule has 0 spiro atoms. The highest BCUT2D eigenvalue weighted by molar-refractivity contribution is 9.10. The maximum atomic E-state index is 12.5. The number of amides is 1. The first kappa shape index (κ1) is 15.5. The van der Waals surface area contributed by atoms with E-state index in [-0.39, 0.29) is 17.9 Å². The number of rotatable bonds is 4. The normalized spacial score (nSPS) is 27.3. The van der Waals surface area contributed by atoms with E-state index < -0.39 is 5.60 Å². The van der Waals surface area contributed by atoms with Crippen molar-refractivity contribution in [1.82, 2.24) is 5.32 Å². The van der Waals surface area contributed by atoms with E-state index in [2.05, 4.69) is 21.2 Å². The number of hydrogen-bond donors (Lipinski definition) is 2. The first-order valence-corrected chi connectivity index (χ1v) is 8.01. The van der Waals surface area contributed by atoms with E-state index >= 15 is 0 Å². The third-order valence-electron chi connectivity index (χ3n) is 4.24. The van der Waals surface area contributed by atoms with Crippen LogP contribution >= 0.6 is 15.9 Å². The summed E-state index contributed by atoms with van der Waals surface area (Å²) in [6.07, 6.45) is 3.33. The van der Waals surface area contributed by atoms with Crippen molar-refractivity contribution in [3.63, 3.8) is 0 Å². The molecule has 0 aliphatic heterocycles. The average Bonchev–Trinajstić information content (AvgIpc) is 2.72. The SMILES string of the molecule is CCC(C(=O)NC1CCCC1(C)O)c1ccc(Br)cc1. The van der Waals surface area contributed by atoms with Gasteiger partial charge < -0.3 is 10.4 Å². The second-order valence-electron chi connectivity index (χ2n) is 5.82. The second kappa shape index (κ2) is 6.27. The van der Waals surface area contributed by atoms with Crippen molar-refractivity contribution in [1.29, 1.82) is 0 Å². The Morgan fingerprint density at radius 2 is 2.15 bits per heavy atom. The third kappa shape index (κ3) is 3.41. The monoisotopic (exact) mass is 339 g/mol. The summed E-state index contributed by atoms with van der Waals surface area (Å²) in [6.45, 7) is 3.82. The summed E-state index contributed by atoms with van der Waals surface area (Å²) in [5, 5.41) is 13.3. The molecule has 1 aliphatic rings. The molecule has 0 saturated heterocycles. The van der Waals surface area contributed by atoms with Crippen LogP contribution in [0, 0.1) is 0 Å². The predicted octanol–water partition coefficient (Wildman–Crippen LogP) is 3.36. The van der Waals surface area contributed by atoms with Crippen molar-refractivity contribution in [2.24, 2.45) is 0 Å². The van der Waals surface area contributed by atoms with Crippen LogP contribution in [0.3, 0.4) is 0 Å². The number of aliphatic hydroxyl groups is 1. The maximum Gasteiger partial charge on any atom is 0.227 e. The lowest BCUT2D eigenvalue weighted by Crippen LogP contribution is -2.48. The molecule has 0 radical (unpaired) electrons. The lowest BCUT2D eigenvalue weighted by molar-refractivity contribution is -0.125. The van der Waals surface area contributed by atoms with Crippen molar-refractivity contribution in [3.05, 3.63) is 34.3 Å². The minimum absolute atomic E-state index is 0.0157. The van der Waals surface area contributed by atoms with E-state index in [0.29, 0.717) is 0 Å². The molecular formula is C16H22BrNO2. The Morgan fingerprint density at radius 1 is 1.50 bits per heavy atom. The fourth-order valence-corrected chi connectivity index (χ4v) is 3.18. The van der Waals surface area contributed by atoms with Crippen molar-refractivity contribution in [2.75, 3.05) is 0 Å². The van der Waals surface area contributed by atoms with Crippen LogP contribution in [0.25, 0.3) is 0 Å². The minimum Gasteiger partial charge on any atom is -0.388 e. The van der Waals surface area contributed by atoms with Crippen molar-refractivity contribution in [2.45, 2.75) is 57.1 Å². The smallest absolute Gasteiger partial charge is 0.227 e. The topological polar surface area (TPSA) is 49.3 Å². The number of benzene rings is 1. The molecule has 1 aliphatic carbocycles. The molecule has 0 bridgehead atoms. The second-order valence-corrected chi connectivity index (χ2v) is 6.74. The van der Waals surface area contributed by atoms with Gasteiger partial charge in [0.2, 0.25) is 5.91 Å². The van der Waals surface area contributed by atoms with E-state index in [1.165, 1.54) is 0 Å². The van der Waals surface area contributed by atoms with Crippen LogP contribution in [0.5, 0.6) is 0 Å². The van der Waals surface area contributed by atoms with Crippen LogP contribution in [0.1, 0.15) is 51.0 Å². The molecule has 3 atom stereocenters. The Labute approximate surface area is 128 Å². The van der Waals surface area contributed by atoms with Gasteiger partial charge in [-0.25, -0.2) is 0 Å². The molecule has 1 fully saturated rings. The van der Waals surface area contributed by atoms with Gasteiger partial charge in [-0.3, -0.25) is 4.79 Å². The summed E-state index contributed by atoms with van der Waals surface area (Å²) in [5.74, 6) is -0.138. The zero-order chi connectivity index (χ0) is 14.8. The molecule has 20 heavy (non-hydrogen) atoms. The molecule has 3 unspecified atom stereocenters. The highest BCUT2D eigenvalue weighted by atomic mass is 79.9. The lowest BCUT2D eigenvalue weighted by Gasteiger charge is -2.28. The van der Waals surface area contributed by atoms with Crippen molar-refractivity contribution >= 4 is 21.8 Å². The summed E-state index contributed by atoms with van der Waals surface area (Å²) in [6, 6.07) is 7.74. The Bertz CT molecular complexity index is 470. The van der Waals surface area contributed by atoms with E-state index in [9.17, 15) is 9.90 Å². The van der Waals surface area contributed by atoms with Gasteiger partial charge in [0.1, 0.15) is 0 Å². The molecule has 110 valence electrons. The fourth-order valence-electron chi connectivity index (χ4n) is 2.92. The van der Waals surface area contributed by atoms with Gasteiger partial charge in [-0.05, 0) is 50.3 Å².